The third-order valence-corrected chi connectivity index (χ3v) is 4.32. The van der Waals surface area contributed by atoms with E-state index in [1.165, 1.54) is 12.8 Å². The molecule has 0 spiro atoms. The van der Waals surface area contributed by atoms with Crippen LogP contribution >= 0.6 is 0 Å². The molecule has 1 aliphatic carbocycles. The second-order valence-corrected chi connectivity index (χ2v) is 6.38. The number of carbonyl (C=O) groups is 2. The molecule has 5 heteroatoms. The van der Waals surface area contributed by atoms with Crippen LogP contribution in [0.4, 0.5) is 0 Å². The zero-order chi connectivity index (χ0) is 15.7. The first kappa shape index (κ1) is 14.9. The Hall–Kier alpha value is -2.04. The van der Waals surface area contributed by atoms with Crippen molar-refractivity contribution in [2.45, 2.75) is 32.7 Å². The Labute approximate surface area is 129 Å². The van der Waals surface area contributed by atoms with Gasteiger partial charge in [0.15, 0.2) is 0 Å². The van der Waals surface area contributed by atoms with Crippen LogP contribution in [-0.2, 0) is 16.1 Å². The zero-order valence-electron chi connectivity index (χ0n) is 12.7. The summed E-state index contributed by atoms with van der Waals surface area (Å²) in [6, 6.07) is 5.96. The average molecular weight is 303 g/mol. The summed E-state index contributed by atoms with van der Waals surface area (Å²) < 4.78 is 5.91. The quantitative estimate of drug-likeness (QED) is 0.875. The second kappa shape index (κ2) is 5.99. The molecule has 5 nitrogen and oxygen atoms in total. The lowest BCUT2D eigenvalue weighted by Crippen LogP contribution is -2.26. The highest BCUT2D eigenvalue weighted by atomic mass is 16.5. The van der Waals surface area contributed by atoms with Crippen LogP contribution in [0.2, 0.25) is 0 Å². The molecule has 1 amide bonds. The maximum absolute atomic E-state index is 12.0. The third-order valence-electron chi connectivity index (χ3n) is 4.32. The van der Waals surface area contributed by atoms with Crippen molar-refractivity contribution < 1.29 is 19.4 Å². The molecule has 1 aromatic carbocycles. The summed E-state index contributed by atoms with van der Waals surface area (Å²) in [4.78, 5) is 24.6. The molecule has 2 fully saturated rings. The van der Waals surface area contributed by atoms with Crippen molar-refractivity contribution in [3.63, 3.8) is 0 Å². The van der Waals surface area contributed by atoms with Gasteiger partial charge in [-0.25, -0.2) is 0 Å². The summed E-state index contributed by atoms with van der Waals surface area (Å²) >= 11 is 0. The van der Waals surface area contributed by atoms with Crippen LogP contribution in [0.3, 0.4) is 0 Å². The summed E-state index contributed by atoms with van der Waals surface area (Å²) in [5.41, 5.74) is 2.07. The Morgan fingerprint density at radius 3 is 2.82 bits per heavy atom. The van der Waals surface area contributed by atoms with Gasteiger partial charge in [-0.3, -0.25) is 9.59 Å². The van der Waals surface area contributed by atoms with Gasteiger partial charge in [0.2, 0.25) is 5.91 Å². The number of aryl methyl sites for hydroxylation is 1. The number of likely N-dealkylation sites (tertiary alicyclic amines) is 1. The van der Waals surface area contributed by atoms with Gasteiger partial charge in [0.05, 0.1) is 12.5 Å². The van der Waals surface area contributed by atoms with Gasteiger partial charge in [-0.1, -0.05) is 12.1 Å². The highest BCUT2D eigenvalue weighted by molar-refractivity contribution is 5.86. The predicted octanol–water partition coefficient (Wildman–Crippen LogP) is 2.22. The molecule has 1 atom stereocenters. The van der Waals surface area contributed by atoms with E-state index in [9.17, 15) is 9.59 Å². The van der Waals surface area contributed by atoms with Gasteiger partial charge in [-0.2, -0.15) is 0 Å². The number of amides is 1. The number of benzene rings is 1. The first-order chi connectivity index (χ1) is 10.5. The molecule has 1 saturated carbocycles. The first-order valence-electron chi connectivity index (χ1n) is 7.76. The third kappa shape index (κ3) is 3.40. The molecular formula is C17H21NO4. The van der Waals surface area contributed by atoms with Gasteiger partial charge in [-0.05, 0) is 37.3 Å². The average Bonchev–Trinajstić information content (AvgIpc) is 3.22. The lowest BCUT2D eigenvalue weighted by atomic mass is 10.1. The van der Waals surface area contributed by atoms with Crippen LogP contribution in [-0.4, -0.2) is 35.0 Å². The Balaban J connectivity index is 1.70. The highest BCUT2D eigenvalue weighted by Crippen LogP contribution is 2.31. The van der Waals surface area contributed by atoms with Crippen molar-refractivity contribution in [3.05, 3.63) is 29.3 Å². The number of carbonyl (C=O) groups excluding carboxylic acids is 1. The summed E-state index contributed by atoms with van der Waals surface area (Å²) in [6.07, 6.45) is 2.55. The van der Waals surface area contributed by atoms with E-state index in [2.05, 4.69) is 0 Å². The Morgan fingerprint density at radius 2 is 2.18 bits per heavy atom. The maximum Gasteiger partial charge on any atom is 0.308 e. The van der Waals surface area contributed by atoms with Crippen molar-refractivity contribution >= 4 is 11.9 Å². The summed E-state index contributed by atoms with van der Waals surface area (Å²) in [6.45, 7) is 3.43. The molecule has 1 aromatic rings. The van der Waals surface area contributed by atoms with Crippen LogP contribution in [0.25, 0.3) is 0 Å². The van der Waals surface area contributed by atoms with Crippen LogP contribution in [0.5, 0.6) is 5.75 Å². The fourth-order valence-corrected chi connectivity index (χ4v) is 2.71. The minimum Gasteiger partial charge on any atom is -0.493 e. The minimum atomic E-state index is -0.898. The summed E-state index contributed by atoms with van der Waals surface area (Å²) in [5, 5.41) is 9.05. The molecule has 1 heterocycles. The lowest BCUT2D eigenvalue weighted by Gasteiger charge is -2.19. The minimum absolute atomic E-state index is 0.0962. The van der Waals surface area contributed by atoms with Crippen molar-refractivity contribution in [1.82, 2.24) is 4.90 Å². The molecule has 0 radical (unpaired) electrons. The molecular weight excluding hydrogens is 282 g/mol. The molecule has 0 aromatic heterocycles. The van der Waals surface area contributed by atoms with Crippen LogP contribution < -0.4 is 4.74 Å². The topological polar surface area (TPSA) is 66.8 Å². The van der Waals surface area contributed by atoms with Crippen LogP contribution in [0.1, 0.15) is 30.4 Å². The number of ether oxygens (including phenoxy) is 1. The van der Waals surface area contributed by atoms with Gasteiger partial charge in [0.1, 0.15) is 5.75 Å². The molecule has 1 N–H and O–H groups in total. The number of hydrogen-bond acceptors (Lipinski definition) is 3. The fourth-order valence-electron chi connectivity index (χ4n) is 2.71. The first-order valence-corrected chi connectivity index (χ1v) is 7.76. The maximum atomic E-state index is 12.0. The number of carboxylic acid groups (broad SMARTS) is 1. The number of hydrogen-bond donors (Lipinski definition) is 1. The van der Waals surface area contributed by atoms with Crippen molar-refractivity contribution in [2.75, 3.05) is 13.2 Å². The van der Waals surface area contributed by atoms with Gasteiger partial charge < -0.3 is 14.7 Å². The largest absolute Gasteiger partial charge is 0.493 e. The number of rotatable bonds is 6. The highest BCUT2D eigenvalue weighted by Gasteiger charge is 2.34. The van der Waals surface area contributed by atoms with Crippen molar-refractivity contribution in [3.8, 4) is 5.75 Å². The van der Waals surface area contributed by atoms with Crippen LogP contribution in [0.15, 0.2) is 18.2 Å². The van der Waals surface area contributed by atoms with E-state index < -0.39 is 11.9 Å². The Kier molecular flexibility index (Phi) is 4.05. The molecule has 22 heavy (non-hydrogen) atoms. The smallest absolute Gasteiger partial charge is 0.308 e. The van der Waals surface area contributed by atoms with E-state index in [-0.39, 0.29) is 18.9 Å². The van der Waals surface area contributed by atoms with Gasteiger partial charge in [0, 0.05) is 25.1 Å². The molecule has 0 bridgehead atoms. The Morgan fingerprint density at radius 1 is 1.41 bits per heavy atom. The number of carboxylic acids is 1. The molecule has 3 rings (SSSR count). The predicted molar refractivity (Wildman–Crippen MR) is 80.6 cm³/mol. The van der Waals surface area contributed by atoms with E-state index in [0.717, 1.165) is 23.5 Å². The van der Waals surface area contributed by atoms with Crippen molar-refractivity contribution in [2.24, 2.45) is 11.8 Å². The van der Waals surface area contributed by atoms with E-state index in [4.69, 9.17) is 9.84 Å². The number of aliphatic carboxylic acids is 1. The number of nitrogens with zero attached hydrogens (tertiary/aromatic N) is 1. The Bertz CT molecular complexity index is 594. The van der Waals surface area contributed by atoms with E-state index >= 15 is 0 Å². The van der Waals surface area contributed by atoms with Gasteiger partial charge >= 0.3 is 5.97 Å². The molecule has 1 saturated heterocycles. The fraction of sp³-hybridized carbons (Fsp3) is 0.529. The zero-order valence-corrected chi connectivity index (χ0v) is 12.7. The van der Waals surface area contributed by atoms with Gasteiger partial charge in [-0.15, -0.1) is 0 Å². The summed E-state index contributed by atoms with van der Waals surface area (Å²) in [5.74, 6) is -0.100. The van der Waals surface area contributed by atoms with Gasteiger partial charge in [0.25, 0.3) is 0 Å². The van der Waals surface area contributed by atoms with E-state index in [1.54, 1.807) is 4.90 Å². The normalized spacial score (nSPS) is 21.2. The summed E-state index contributed by atoms with van der Waals surface area (Å²) in [7, 11) is 0. The van der Waals surface area contributed by atoms with E-state index in [0.29, 0.717) is 12.5 Å². The lowest BCUT2D eigenvalue weighted by molar-refractivity contribution is -0.141. The second-order valence-electron chi connectivity index (χ2n) is 6.38. The standard InChI is InChI=1S/C17H21NO4/c1-11-2-5-13(15(6-11)22-10-12-3-4-12)8-18-9-14(17(20)21)7-16(18)19/h2,5-6,12,14H,3-4,7-10H2,1H3,(H,20,21). The van der Waals surface area contributed by atoms with E-state index in [1.807, 2.05) is 25.1 Å². The molecule has 118 valence electrons. The van der Waals surface area contributed by atoms with Crippen molar-refractivity contribution in [1.29, 1.82) is 0 Å². The van der Waals surface area contributed by atoms with Crippen LogP contribution in [0, 0.1) is 18.8 Å². The molecule has 1 unspecified atom stereocenters. The molecule has 2 aliphatic rings. The monoisotopic (exact) mass is 303 g/mol. The SMILES string of the molecule is Cc1ccc(CN2CC(C(=O)O)CC2=O)c(OCC2CC2)c1. The molecule has 1 aliphatic heterocycles.